The van der Waals surface area contributed by atoms with Crippen molar-refractivity contribution in [2.45, 2.75) is 116 Å². The maximum atomic E-state index is 2.76. The van der Waals surface area contributed by atoms with E-state index in [1.54, 1.807) is 22.3 Å². The van der Waals surface area contributed by atoms with Gasteiger partial charge in [0.25, 0.3) is 0 Å². The molecule has 0 spiro atoms. The monoisotopic (exact) mass is 832 g/mol. The third kappa shape index (κ3) is 5.32. The lowest BCUT2D eigenvalue weighted by molar-refractivity contribution is 0.322. The molecule has 8 aromatic carbocycles. The van der Waals surface area contributed by atoms with Crippen LogP contribution in [0, 0.1) is 0 Å². The molecule has 0 N–H and O–H groups in total. The van der Waals surface area contributed by atoms with Gasteiger partial charge < -0.3 is 9.47 Å². The molecule has 9 aromatic rings. The number of rotatable bonds is 8. The highest BCUT2D eigenvalue weighted by Gasteiger charge is 2.54. The molecule has 3 aliphatic rings. The number of para-hydroxylation sites is 3. The fourth-order valence-electron chi connectivity index (χ4n) is 13.8. The summed E-state index contributed by atoms with van der Waals surface area (Å²) < 4.78 is 2.43. The Balaban J connectivity index is 1.02. The van der Waals surface area contributed by atoms with Crippen LogP contribution in [0.3, 0.4) is 0 Å². The first-order valence-corrected chi connectivity index (χ1v) is 24.2. The first-order valence-electron chi connectivity index (χ1n) is 24.2. The Morgan fingerprint density at radius 2 is 0.891 bits per heavy atom. The first kappa shape index (κ1) is 39.5. The number of benzene rings is 8. The zero-order valence-corrected chi connectivity index (χ0v) is 39.0. The van der Waals surface area contributed by atoms with Gasteiger partial charge >= 0.3 is 0 Å². The van der Waals surface area contributed by atoms with Crippen LogP contribution >= 0.6 is 0 Å². The van der Waals surface area contributed by atoms with E-state index in [1.807, 2.05) is 0 Å². The Morgan fingerprint density at radius 3 is 1.41 bits per heavy atom. The normalized spacial score (nSPS) is 17.1. The third-order valence-electron chi connectivity index (χ3n) is 16.9. The standard InChI is InChI=1S/C62H60N2/c1-9-61(10-2)37-59(5,6)56-52(61)36-53-57(60(7,8)38-62(53,11-3)12-4)58(56)63(43-20-14-13-15-21-43)44-28-26-39-32-48-50(34-41(39)30-44)49-33-40-27-29-45(31-42(40)35-51(48)49)64-54-24-18-16-22-46(54)47-23-17-19-25-55(47)64/h13-36H,9-12,37-38H2,1-8H3. The molecule has 1 heterocycles. The van der Waals surface area contributed by atoms with Crippen LogP contribution in [0.2, 0.25) is 0 Å². The highest BCUT2D eigenvalue weighted by molar-refractivity contribution is 6.13. The number of hydrogen-bond acceptors (Lipinski definition) is 1. The molecule has 0 radical (unpaired) electrons. The molecule has 0 saturated carbocycles. The van der Waals surface area contributed by atoms with Crippen molar-refractivity contribution >= 4 is 60.4 Å². The lowest BCUT2D eigenvalue weighted by Gasteiger charge is -2.37. The smallest absolute Gasteiger partial charge is 0.0542 e. The summed E-state index contributed by atoms with van der Waals surface area (Å²) in [7, 11) is 0. The first-order chi connectivity index (χ1) is 30.9. The molecule has 64 heavy (non-hydrogen) atoms. The summed E-state index contributed by atoms with van der Waals surface area (Å²) in [5, 5.41) is 7.72. The van der Waals surface area contributed by atoms with Gasteiger partial charge in [0.15, 0.2) is 0 Å². The summed E-state index contributed by atoms with van der Waals surface area (Å²) in [6, 6.07) is 55.7. The molecule has 0 amide bonds. The van der Waals surface area contributed by atoms with Gasteiger partial charge in [0, 0.05) is 27.8 Å². The van der Waals surface area contributed by atoms with Gasteiger partial charge in [-0.05, 0) is 199 Å². The van der Waals surface area contributed by atoms with Gasteiger partial charge in [-0.1, -0.05) is 128 Å². The highest BCUT2D eigenvalue weighted by atomic mass is 15.2. The van der Waals surface area contributed by atoms with Gasteiger partial charge in [-0.15, -0.1) is 0 Å². The predicted molar refractivity (Wildman–Crippen MR) is 275 cm³/mol. The van der Waals surface area contributed by atoms with E-state index in [4.69, 9.17) is 0 Å². The summed E-state index contributed by atoms with van der Waals surface area (Å²) in [5.74, 6) is 0. The summed E-state index contributed by atoms with van der Waals surface area (Å²) in [4.78, 5) is 2.69. The molecule has 2 nitrogen and oxygen atoms in total. The lowest BCUT2D eigenvalue weighted by Crippen LogP contribution is -2.26. The van der Waals surface area contributed by atoms with Crippen molar-refractivity contribution in [1.82, 2.24) is 4.57 Å². The van der Waals surface area contributed by atoms with E-state index in [1.165, 1.54) is 127 Å². The zero-order chi connectivity index (χ0) is 43.9. The zero-order valence-electron chi connectivity index (χ0n) is 39.0. The van der Waals surface area contributed by atoms with Gasteiger partial charge in [-0.25, -0.2) is 0 Å². The summed E-state index contributed by atoms with van der Waals surface area (Å²) in [6.45, 7) is 19.9. The quantitative estimate of drug-likeness (QED) is 0.148. The van der Waals surface area contributed by atoms with Crippen LogP contribution in [0.4, 0.5) is 17.1 Å². The van der Waals surface area contributed by atoms with Crippen molar-refractivity contribution < 1.29 is 0 Å². The van der Waals surface area contributed by atoms with E-state index in [0.717, 1.165) is 0 Å². The third-order valence-corrected chi connectivity index (χ3v) is 16.9. The topological polar surface area (TPSA) is 8.17 Å². The molecule has 0 saturated heterocycles. The average molecular weight is 833 g/mol. The Hall–Kier alpha value is -6.12. The molecule has 0 atom stereocenters. The molecule has 12 rings (SSSR count). The Kier molecular flexibility index (Phi) is 8.45. The summed E-state index contributed by atoms with van der Waals surface area (Å²) >= 11 is 0. The number of anilines is 3. The molecule has 0 bridgehead atoms. The molecule has 1 aromatic heterocycles. The number of fused-ring (bicyclic) bond motifs is 11. The van der Waals surface area contributed by atoms with Crippen molar-refractivity contribution in [3.05, 3.63) is 168 Å². The molecule has 3 aliphatic carbocycles. The highest BCUT2D eigenvalue weighted by Crippen LogP contribution is 2.65. The van der Waals surface area contributed by atoms with E-state index in [0.29, 0.717) is 0 Å². The van der Waals surface area contributed by atoms with E-state index >= 15 is 0 Å². The number of nitrogens with zero attached hydrogens (tertiary/aromatic N) is 2. The van der Waals surface area contributed by atoms with Gasteiger partial charge in [0.05, 0.1) is 16.7 Å². The SMILES string of the molecule is CCC1(CC)CC(C)(C)c2c1cc1c(c2N(c2ccccc2)c2ccc3cc4c(cc3c2)-c2cc3ccc(-n5c6ccccc6c6ccccc65)cc3cc2-4)C(C)(C)CC1(CC)CC. The number of hydrogen-bond donors (Lipinski definition) is 0. The van der Waals surface area contributed by atoms with Crippen LogP contribution in [0.1, 0.15) is 116 Å². The fourth-order valence-corrected chi connectivity index (χ4v) is 13.8. The van der Waals surface area contributed by atoms with Gasteiger partial charge in [-0.3, -0.25) is 0 Å². The van der Waals surface area contributed by atoms with E-state index in [-0.39, 0.29) is 21.7 Å². The van der Waals surface area contributed by atoms with Crippen LogP contribution in [0.5, 0.6) is 0 Å². The summed E-state index contributed by atoms with van der Waals surface area (Å²) in [6.07, 6.45) is 7.03. The maximum Gasteiger partial charge on any atom is 0.0542 e. The average Bonchev–Trinajstić information content (AvgIpc) is 3.87. The molecule has 318 valence electrons. The Bertz CT molecular complexity index is 3280. The minimum atomic E-state index is 0.0228. The molecule has 0 fully saturated rings. The second kappa shape index (κ2) is 13.7. The second-order valence-corrected chi connectivity index (χ2v) is 21.1. The second-order valence-electron chi connectivity index (χ2n) is 21.1. The largest absolute Gasteiger partial charge is 0.310 e. The van der Waals surface area contributed by atoms with Gasteiger partial charge in [-0.2, -0.15) is 0 Å². The van der Waals surface area contributed by atoms with Crippen molar-refractivity contribution in [3.8, 4) is 27.9 Å². The van der Waals surface area contributed by atoms with Crippen LogP contribution in [0.25, 0.3) is 71.3 Å². The lowest BCUT2D eigenvalue weighted by atomic mass is 9.72. The van der Waals surface area contributed by atoms with Crippen LogP contribution in [-0.2, 0) is 21.7 Å². The van der Waals surface area contributed by atoms with Crippen molar-refractivity contribution in [2.75, 3.05) is 4.90 Å². The molecule has 0 unspecified atom stereocenters. The van der Waals surface area contributed by atoms with Crippen LogP contribution < -0.4 is 4.90 Å². The minimum Gasteiger partial charge on any atom is -0.310 e. The van der Waals surface area contributed by atoms with E-state index < -0.39 is 0 Å². The van der Waals surface area contributed by atoms with Crippen molar-refractivity contribution in [1.29, 1.82) is 0 Å². The van der Waals surface area contributed by atoms with Crippen molar-refractivity contribution in [2.24, 2.45) is 0 Å². The predicted octanol–water partition coefficient (Wildman–Crippen LogP) is 17.7. The molecular weight excluding hydrogens is 773 g/mol. The van der Waals surface area contributed by atoms with Gasteiger partial charge in [0.2, 0.25) is 0 Å². The maximum absolute atomic E-state index is 2.76. The van der Waals surface area contributed by atoms with Crippen LogP contribution in [-0.4, -0.2) is 4.57 Å². The Morgan fingerprint density at radius 1 is 0.438 bits per heavy atom. The summed E-state index contributed by atoms with van der Waals surface area (Å²) in [5.41, 5.74) is 19.8. The fraction of sp³-hybridized carbons (Fsp3) is 0.290. The van der Waals surface area contributed by atoms with Crippen molar-refractivity contribution in [3.63, 3.8) is 0 Å². The van der Waals surface area contributed by atoms with Crippen LogP contribution in [0.15, 0.2) is 146 Å². The molecular formula is C62H60N2. The molecule has 2 heteroatoms. The van der Waals surface area contributed by atoms with E-state index in [2.05, 4.69) is 210 Å². The Labute approximate surface area is 379 Å². The van der Waals surface area contributed by atoms with Gasteiger partial charge in [0.1, 0.15) is 0 Å². The molecule has 0 aliphatic heterocycles. The number of aromatic nitrogens is 1. The van der Waals surface area contributed by atoms with E-state index in [9.17, 15) is 0 Å². The minimum absolute atomic E-state index is 0.0228.